The van der Waals surface area contributed by atoms with E-state index in [9.17, 15) is 39.9 Å². The summed E-state index contributed by atoms with van der Waals surface area (Å²) in [6.07, 6.45) is -10.5. The lowest BCUT2D eigenvalue weighted by Gasteiger charge is -2.47. The molecule has 2 aliphatic heterocycles. The molecule has 15 nitrogen and oxygen atoms in total. The van der Waals surface area contributed by atoms with Crippen molar-refractivity contribution in [2.24, 2.45) is 0 Å². The van der Waals surface area contributed by atoms with Crippen molar-refractivity contribution in [2.45, 2.75) is 68.2 Å². The summed E-state index contributed by atoms with van der Waals surface area (Å²) < 4.78 is 21.7. The summed E-state index contributed by atoms with van der Waals surface area (Å²) in [6, 6.07) is -2.61. The maximum atomic E-state index is 12.0. The fraction of sp³-hybridized carbons (Fsp3) is 0.737. The Bertz CT molecular complexity index is 750. The second kappa shape index (κ2) is 12.5. The molecule has 2 heterocycles. The van der Waals surface area contributed by atoms with Crippen LogP contribution < -0.4 is 10.6 Å². The van der Waals surface area contributed by atoms with E-state index in [0.717, 1.165) is 0 Å². The Labute approximate surface area is 193 Å². The fourth-order valence-electron chi connectivity index (χ4n) is 3.71. The Hall–Kier alpha value is -2.21. The highest BCUT2D eigenvalue weighted by molar-refractivity contribution is 5.94. The van der Waals surface area contributed by atoms with E-state index in [2.05, 4.69) is 10.6 Å². The number of hydrogen-bond acceptors (Lipinski definition) is 12. The van der Waals surface area contributed by atoms with Gasteiger partial charge in [-0.3, -0.25) is 9.59 Å². The lowest BCUT2D eigenvalue weighted by molar-refractivity contribution is -0.336. The normalized spacial score (nSPS) is 38.4. The first-order valence-corrected chi connectivity index (χ1v) is 10.3. The molecule has 2 fully saturated rings. The minimum atomic E-state index is -1.77. The van der Waals surface area contributed by atoms with Gasteiger partial charge in [-0.25, -0.2) is 4.79 Å². The van der Waals surface area contributed by atoms with E-state index < -0.39 is 92.3 Å². The molecule has 2 amide bonds. The number of nitrogens with one attached hydrogen (secondary N) is 2. The highest BCUT2D eigenvalue weighted by Crippen LogP contribution is 2.29. The average Bonchev–Trinajstić information content (AvgIpc) is 2.79. The van der Waals surface area contributed by atoms with Gasteiger partial charge in [-0.2, -0.15) is 0 Å². The van der Waals surface area contributed by atoms with Gasteiger partial charge in [0.25, 0.3) is 0 Å². The van der Waals surface area contributed by atoms with Crippen LogP contribution in [0.2, 0.25) is 0 Å². The van der Waals surface area contributed by atoms with Crippen LogP contribution in [0.25, 0.3) is 0 Å². The lowest BCUT2D eigenvalue weighted by atomic mass is 9.94. The van der Waals surface area contributed by atoms with Gasteiger partial charge >= 0.3 is 5.97 Å². The number of amides is 2. The number of carboxylic acids is 1. The number of carboxylic acid groups (broad SMARTS) is 1. The van der Waals surface area contributed by atoms with Crippen LogP contribution in [0.4, 0.5) is 0 Å². The van der Waals surface area contributed by atoms with E-state index in [0.29, 0.717) is 12.2 Å². The summed E-state index contributed by atoms with van der Waals surface area (Å²) in [5.41, 5.74) is 0. The van der Waals surface area contributed by atoms with Crippen molar-refractivity contribution in [3.8, 4) is 0 Å². The molecular formula is C19H30N2O13. The molecule has 8 N–H and O–H groups in total. The van der Waals surface area contributed by atoms with E-state index in [1.807, 2.05) is 0 Å². The first-order valence-electron chi connectivity index (χ1n) is 10.3. The third-order valence-corrected chi connectivity index (χ3v) is 5.32. The molecule has 194 valence electrons. The predicted octanol–water partition coefficient (Wildman–Crippen LogP) is -4.83. The van der Waals surface area contributed by atoms with Gasteiger partial charge in [0.15, 0.2) is 12.6 Å². The van der Waals surface area contributed by atoms with Gasteiger partial charge in [0, 0.05) is 26.2 Å². The van der Waals surface area contributed by atoms with Crippen molar-refractivity contribution >= 4 is 17.8 Å². The van der Waals surface area contributed by atoms with E-state index in [1.165, 1.54) is 14.0 Å². The number of carbonyl (C=O) groups is 3. The van der Waals surface area contributed by atoms with E-state index in [4.69, 9.17) is 24.1 Å². The Morgan fingerprint density at radius 1 is 0.882 bits per heavy atom. The summed E-state index contributed by atoms with van der Waals surface area (Å²) in [6.45, 7) is -0.220. The number of aliphatic hydroxyl groups is 5. The van der Waals surface area contributed by atoms with Crippen LogP contribution in [0, 0.1) is 0 Å². The van der Waals surface area contributed by atoms with Crippen molar-refractivity contribution in [3.63, 3.8) is 0 Å². The number of hydrogen-bond donors (Lipinski definition) is 8. The molecule has 15 heteroatoms. The molecule has 0 saturated carbocycles. The summed E-state index contributed by atoms with van der Waals surface area (Å²) in [5, 5.41) is 64.5. The third kappa shape index (κ3) is 6.68. The number of rotatable bonds is 9. The van der Waals surface area contributed by atoms with Crippen LogP contribution in [-0.2, 0) is 33.3 Å². The van der Waals surface area contributed by atoms with Crippen LogP contribution in [0.1, 0.15) is 6.92 Å². The zero-order valence-corrected chi connectivity index (χ0v) is 18.4. The molecule has 34 heavy (non-hydrogen) atoms. The second-order valence-corrected chi connectivity index (χ2v) is 7.69. The number of carbonyl (C=O) groups excluding carboxylic acids is 2. The molecule has 2 saturated heterocycles. The SMILES string of the molecule is CO[C@@H]1O[C@H](CO)[C@@H](O[C@@H]2O[C@H](CO)[C@H](O)[C@H](NC(=O)/C=C\C(=O)O)[C@H]2O)[C@H](O)[C@H]1NC(C)=O. The van der Waals surface area contributed by atoms with Crippen LogP contribution >= 0.6 is 0 Å². The molecule has 0 aromatic carbocycles. The van der Waals surface area contributed by atoms with E-state index >= 15 is 0 Å². The molecular weight excluding hydrogens is 464 g/mol. The average molecular weight is 494 g/mol. The molecule has 0 aromatic rings. The quantitative estimate of drug-likeness (QED) is 0.141. The van der Waals surface area contributed by atoms with Gasteiger partial charge in [-0.15, -0.1) is 0 Å². The molecule has 2 aliphatic rings. The largest absolute Gasteiger partial charge is 0.478 e. The van der Waals surface area contributed by atoms with Crippen LogP contribution in [0.5, 0.6) is 0 Å². The Morgan fingerprint density at radius 3 is 2.03 bits per heavy atom. The summed E-state index contributed by atoms with van der Waals surface area (Å²) >= 11 is 0. The van der Waals surface area contributed by atoms with Crippen molar-refractivity contribution in [2.75, 3.05) is 20.3 Å². The molecule has 0 aromatic heterocycles. The third-order valence-electron chi connectivity index (χ3n) is 5.32. The minimum Gasteiger partial charge on any atom is -0.478 e. The molecule has 0 radical (unpaired) electrons. The lowest BCUT2D eigenvalue weighted by Crippen LogP contribution is -2.69. The Balaban J connectivity index is 2.25. The second-order valence-electron chi connectivity index (χ2n) is 7.69. The highest BCUT2D eigenvalue weighted by atomic mass is 16.7. The van der Waals surface area contributed by atoms with Gasteiger partial charge in [0.05, 0.1) is 19.3 Å². The molecule has 0 spiro atoms. The van der Waals surface area contributed by atoms with Crippen molar-refractivity contribution < 1.29 is 64.0 Å². The molecule has 0 bridgehead atoms. The first-order chi connectivity index (χ1) is 16.0. The topological polar surface area (TPSA) is 234 Å². The van der Waals surface area contributed by atoms with Crippen molar-refractivity contribution in [1.82, 2.24) is 10.6 Å². The molecule has 2 rings (SSSR count). The number of methoxy groups -OCH3 is 1. The van der Waals surface area contributed by atoms with Crippen LogP contribution in [0.15, 0.2) is 12.2 Å². The van der Waals surface area contributed by atoms with Gasteiger partial charge in [0.2, 0.25) is 11.8 Å². The number of aliphatic carboxylic acids is 1. The molecule has 0 unspecified atom stereocenters. The van der Waals surface area contributed by atoms with Crippen LogP contribution in [0.3, 0.4) is 0 Å². The summed E-state index contributed by atoms with van der Waals surface area (Å²) in [7, 11) is 1.26. The molecule has 0 aliphatic carbocycles. The minimum absolute atomic E-state index is 0.523. The Kier molecular flexibility index (Phi) is 10.3. The monoisotopic (exact) mass is 494 g/mol. The zero-order valence-electron chi connectivity index (χ0n) is 18.4. The predicted molar refractivity (Wildman–Crippen MR) is 108 cm³/mol. The van der Waals surface area contributed by atoms with Gasteiger partial charge in [0.1, 0.15) is 42.7 Å². The van der Waals surface area contributed by atoms with E-state index in [1.54, 1.807) is 0 Å². The molecule has 10 atom stereocenters. The standard InChI is InChI=1S/C19H30N2O13/c1-7(24)20-13-15(29)17(9(6-23)33-18(13)31-2)34-19-16(30)12(14(28)8(5-22)32-19)21-10(25)3-4-11(26)27/h3-4,8-9,12-19,22-23,28-30H,5-6H2,1-2H3,(H,20,24)(H,21,25)(H,26,27)/b4-3-/t8-,9-,12+,13-,14+,15-,16-,17-,18-,19+/m1/s1. The van der Waals surface area contributed by atoms with Gasteiger partial charge < -0.3 is 60.2 Å². The summed E-state index contributed by atoms with van der Waals surface area (Å²) in [5.74, 6) is -2.89. The van der Waals surface area contributed by atoms with Crippen molar-refractivity contribution in [1.29, 1.82) is 0 Å². The Morgan fingerprint density at radius 2 is 1.50 bits per heavy atom. The fourth-order valence-corrected chi connectivity index (χ4v) is 3.71. The van der Waals surface area contributed by atoms with Gasteiger partial charge in [-0.1, -0.05) is 0 Å². The number of ether oxygens (including phenoxy) is 4. The van der Waals surface area contributed by atoms with E-state index in [-0.39, 0.29) is 0 Å². The first kappa shape index (κ1) is 28.0. The maximum Gasteiger partial charge on any atom is 0.328 e. The number of aliphatic hydroxyl groups excluding tert-OH is 5. The summed E-state index contributed by atoms with van der Waals surface area (Å²) in [4.78, 5) is 34.1. The van der Waals surface area contributed by atoms with Crippen molar-refractivity contribution in [3.05, 3.63) is 12.2 Å². The zero-order chi connectivity index (χ0) is 25.6. The van der Waals surface area contributed by atoms with Crippen LogP contribution in [-0.4, -0.2) is 130 Å². The maximum absolute atomic E-state index is 12.0. The highest BCUT2D eigenvalue weighted by Gasteiger charge is 2.51. The van der Waals surface area contributed by atoms with Gasteiger partial charge in [-0.05, 0) is 0 Å². The smallest absolute Gasteiger partial charge is 0.328 e.